The van der Waals surface area contributed by atoms with Gasteiger partial charge in [-0.25, -0.2) is 0 Å². The first kappa shape index (κ1) is 17.2. The van der Waals surface area contributed by atoms with Crippen LogP contribution in [0.4, 0.5) is 0 Å². The lowest BCUT2D eigenvalue weighted by molar-refractivity contribution is 0.0326. The van der Waals surface area contributed by atoms with Crippen LogP contribution in [0.2, 0.25) is 0 Å². The van der Waals surface area contributed by atoms with E-state index in [1.54, 1.807) is 6.26 Å². The van der Waals surface area contributed by atoms with Gasteiger partial charge < -0.3 is 19.8 Å². The monoisotopic (exact) mass is 328 g/mol. The summed E-state index contributed by atoms with van der Waals surface area (Å²) in [4.78, 5) is 0. The molecule has 0 spiro atoms. The fourth-order valence-electron chi connectivity index (χ4n) is 3.41. The zero-order valence-electron chi connectivity index (χ0n) is 14.6. The van der Waals surface area contributed by atoms with Crippen molar-refractivity contribution in [3.63, 3.8) is 0 Å². The zero-order chi connectivity index (χ0) is 16.8. The van der Waals surface area contributed by atoms with E-state index in [0.29, 0.717) is 6.04 Å². The van der Waals surface area contributed by atoms with Gasteiger partial charge in [0.2, 0.25) is 0 Å². The van der Waals surface area contributed by atoms with Gasteiger partial charge in [-0.2, -0.15) is 0 Å². The Morgan fingerprint density at radius 3 is 2.42 bits per heavy atom. The van der Waals surface area contributed by atoms with Crippen molar-refractivity contribution in [3.05, 3.63) is 60.1 Å². The van der Waals surface area contributed by atoms with Crippen LogP contribution < -0.4 is 10.6 Å². The molecule has 1 aliphatic heterocycles. The molecule has 0 bridgehead atoms. The van der Waals surface area contributed by atoms with Crippen LogP contribution in [0.25, 0.3) is 0 Å². The first-order valence-electron chi connectivity index (χ1n) is 8.86. The standard InChI is InChI=1S/C20H28N2O2/c1-16(18-7-4-3-5-8-18)22-20(10-13-23-14-11-20)15-21-17(2)19-9-6-12-24-19/h3-9,12,16-17,21-22H,10-11,13-15H2,1-2H3/t16-,17+/m1/s1. The minimum absolute atomic E-state index is 0.0500. The van der Waals surface area contributed by atoms with Crippen LogP contribution in [0.5, 0.6) is 0 Å². The van der Waals surface area contributed by atoms with E-state index in [0.717, 1.165) is 38.4 Å². The van der Waals surface area contributed by atoms with E-state index in [1.807, 2.05) is 12.1 Å². The molecule has 4 nitrogen and oxygen atoms in total. The molecule has 0 unspecified atom stereocenters. The summed E-state index contributed by atoms with van der Waals surface area (Å²) in [6.07, 6.45) is 3.76. The Kier molecular flexibility index (Phi) is 5.72. The van der Waals surface area contributed by atoms with E-state index in [1.165, 1.54) is 5.56 Å². The minimum Gasteiger partial charge on any atom is -0.468 e. The molecule has 1 fully saturated rings. The van der Waals surface area contributed by atoms with E-state index in [2.05, 4.69) is 54.8 Å². The summed E-state index contributed by atoms with van der Waals surface area (Å²) in [6, 6.07) is 15.1. The highest BCUT2D eigenvalue weighted by Gasteiger charge is 2.34. The lowest BCUT2D eigenvalue weighted by atomic mass is 9.88. The van der Waals surface area contributed by atoms with Crippen molar-refractivity contribution in [2.75, 3.05) is 19.8 Å². The Balaban J connectivity index is 1.65. The Hall–Kier alpha value is -1.62. The van der Waals surface area contributed by atoms with E-state index < -0.39 is 0 Å². The van der Waals surface area contributed by atoms with Crippen molar-refractivity contribution in [3.8, 4) is 0 Å². The average molecular weight is 328 g/mol. The SMILES string of the molecule is C[C@H](NCC1(N[C@H](C)c2ccccc2)CCOCC1)c1ccco1. The average Bonchev–Trinajstić information content (AvgIpc) is 3.16. The number of hydrogen-bond donors (Lipinski definition) is 2. The lowest BCUT2D eigenvalue weighted by Gasteiger charge is -2.41. The van der Waals surface area contributed by atoms with Gasteiger partial charge in [-0.05, 0) is 44.4 Å². The summed E-state index contributed by atoms with van der Waals surface area (Å²) >= 11 is 0. The maximum atomic E-state index is 5.60. The number of ether oxygens (including phenoxy) is 1. The molecule has 1 aliphatic rings. The molecule has 3 rings (SSSR count). The molecular formula is C20H28N2O2. The van der Waals surface area contributed by atoms with Gasteiger partial charge in [0.15, 0.2) is 0 Å². The molecule has 1 saturated heterocycles. The summed E-state index contributed by atoms with van der Waals surface area (Å²) < 4.78 is 11.1. The van der Waals surface area contributed by atoms with Crippen molar-refractivity contribution in [1.29, 1.82) is 0 Å². The predicted molar refractivity (Wildman–Crippen MR) is 95.9 cm³/mol. The van der Waals surface area contributed by atoms with E-state index in [9.17, 15) is 0 Å². The van der Waals surface area contributed by atoms with E-state index in [4.69, 9.17) is 9.15 Å². The second-order valence-corrected chi connectivity index (χ2v) is 6.79. The van der Waals surface area contributed by atoms with Crippen molar-refractivity contribution >= 4 is 0 Å². The maximum absolute atomic E-state index is 5.60. The zero-order valence-corrected chi connectivity index (χ0v) is 14.6. The predicted octanol–water partition coefficient (Wildman–Crippen LogP) is 3.83. The van der Waals surface area contributed by atoms with Crippen LogP contribution in [0.15, 0.2) is 53.1 Å². The molecular weight excluding hydrogens is 300 g/mol. The van der Waals surface area contributed by atoms with Crippen LogP contribution in [0, 0.1) is 0 Å². The second kappa shape index (κ2) is 7.97. The third kappa shape index (κ3) is 4.26. The van der Waals surface area contributed by atoms with Gasteiger partial charge in [-0.15, -0.1) is 0 Å². The molecule has 2 aromatic rings. The van der Waals surface area contributed by atoms with Gasteiger partial charge in [-0.3, -0.25) is 0 Å². The number of benzene rings is 1. The fraction of sp³-hybridized carbons (Fsp3) is 0.500. The molecule has 4 heteroatoms. The molecule has 0 aliphatic carbocycles. The smallest absolute Gasteiger partial charge is 0.120 e. The topological polar surface area (TPSA) is 46.4 Å². The van der Waals surface area contributed by atoms with Crippen molar-refractivity contribution in [2.45, 2.75) is 44.3 Å². The minimum atomic E-state index is 0.0500. The quantitative estimate of drug-likeness (QED) is 0.811. The van der Waals surface area contributed by atoms with Crippen molar-refractivity contribution < 1.29 is 9.15 Å². The summed E-state index contributed by atoms with van der Waals surface area (Å²) in [5, 5.41) is 7.52. The number of furan rings is 1. The summed E-state index contributed by atoms with van der Waals surface area (Å²) in [5.74, 6) is 0.980. The Labute approximate surface area is 144 Å². The van der Waals surface area contributed by atoms with Crippen LogP contribution in [0.3, 0.4) is 0 Å². The largest absolute Gasteiger partial charge is 0.468 e. The van der Waals surface area contributed by atoms with E-state index in [-0.39, 0.29) is 11.6 Å². The number of rotatable bonds is 7. The first-order valence-corrected chi connectivity index (χ1v) is 8.86. The molecule has 2 atom stereocenters. The van der Waals surface area contributed by atoms with Crippen molar-refractivity contribution in [2.24, 2.45) is 0 Å². The van der Waals surface area contributed by atoms with Crippen LogP contribution >= 0.6 is 0 Å². The molecule has 24 heavy (non-hydrogen) atoms. The van der Waals surface area contributed by atoms with Gasteiger partial charge in [0.1, 0.15) is 5.76 Å². The molecule has 0 amide bonds. The summed E-state index contributed by atoms with van der Waals surface area (Å²) in [7, 11) is 0. The van der Waals surface area contributed by atoms with Crippen LogP contribution in [-0.4, -0.2) is 25.3 Å². The van der Waals surface area contributed by atoms with Gasteiger partial charge in [0, 0.05) is 31.3 Å². The summed E-state index contributed by atoms with van der Waals surface area (Å²) in [5.41, 5.74) is 1.37. The maximum Gasteiger partial charge on any atom is 0.120 e. The third-order valence-corrected chi connectivity index (χ3v) is 4.99. The van der Waals surface area contributed by atoms with Crippen LogP contribution in [0.1, 0.15) is 50.1 Å². The molecule has 130 valence electrons. The van der Waals surface area contributed by atoms with E-state index >= 15 is 0 Å². The van der Waals surface area contributed by atoms with Crippen LogP contribution in [-0.2, 0) is 4.74 Å². The third-order valence-electron chi connectivity index (χ3n) is 4.99. The summed E-state index contributed by atoms with van der Waals surface area (Å²) in [6.45, 7) is 6.90. The lowest BCUT2D eigenvalue weighted by Crippen LogP contribution is -2.56. The van der Waals surface area contributed by atoms with Gasteiger partial charge >= 0.3 is 0 Å². The highest BCUT2D eigenvalue weighted by Crippen LogP contribution is 2.26. The molecule has 2 N–H and O–H groups in total. The highest BCUT2D eigenvalue weighted by molar-refractivity contribution is 5.19. The number of nitrogens with one attached hydrogen (secondary N) is 2. The normalized spacial score (nSPS) is 19.8. The van der Waals surface area contributed by atoms with Gasteiger partial charge in [0.25, 0.3) is 0 Å². The molecule has 1 aromatic heterocycles. The Morgan fingerprint density at radius 2 is 1.75 bits per heavy atom. The Morgan fingerprint density at radius 1 is 1.00 bits per heavy atom. The highest BCUT2D eigenvalue weighted by atomic mass is 16.5. The molecule has 2 heterocycles. The second-order valence-electron chi connectivity index (χ2n) is 6.79. The first-order chi connectivity index (χ1) is 11.7. The fourth-order valence-corrected chi connectivity index (χ4v) is 3.41. The Bertz CT molecular complexity index is 591. The molecule has 0 radical (unpaired) electrons. The number of hydrogen-bond acceptors (Lipinski definition) is 4. The van der Waals surface area contributed by atoms with Crippen molar-refractivity contribution in [1.82, 2.24) is 10.6 Å². The molecule has 1 aromatic carbocycles. The van der Waals surface area contributed by atoms with Gasteiger partial charge in [0.05, 0.1) is 12.3 Å². The van der Waals surface area contributed by atoms with Gasteiger partial charge in [-0.1, -0.05) is 30.3 Å². The molecule has 0 saturated carbocycles.